The molecule has 0 radical (unpaired) electrons. The molecule has 3 aromatic rings. The second-order valence-electron chi connectivity index (χ2n) is 6.69. The Balaban J connectivity index is 1.92. The predicted octanol–water partition coefficient (Wildman–Crippen LogP) is 3.42. The summed E-state index contributed by atoms with van der Waals surface area (Å²) < 4.78 is 0. The topological polar surface area (TPSA) is 95.8 Å². The van der Waals surface area contributed by atoms with Crippen LogP contribution in [0.25, 0.3) is 11.4 Å². The smallest absolute Gasteiger partial charge is 0.232 e. The molecule has 7 heteroatoms. The van der Waals surface area contributed by atoms with Crippen molar-refractivity contribution in [3.8, 4) is 11.4 Å². The van der Waals surface area contributed by atoms with Crippen molar-refractivity contribution in [2.75, 3.05) is 10.6 Å². The van der Waals surface area contributed by atoms with Crippen LogP contribution in [0.15, 0.2) is 48.7 Å². The summed E-state index contributed by atoms with van der Waals surface area (Å²) in [6.07, 6.45) is 1.74. The van der Waals surface area contributed by atoms with E-state index in [0.717, 1.165) is 16.9 Å². The summed E-state index contributed by atoms with van der Waals surface area (Å²) in [5.74, 6) is 1.55. The van der Waals surface area contributed by atoms with Crippen LogP contribution < -0.4 is 10.6 Å². The first-order chi connectivity index (χ1) is 13.0. The number of pyridine rings is 1. The Morgan fingerprint density at radius 2 is 1.70 bits per heavy atom. The molecule has 0 aliphatic heterocycles. The Morgan fingerprint density at radius 3 is 2.41 bits per heavy atom. The van der Waals surface area contributed by atoms with E-state index >= 15 is 0 Å². The van der Waals surface area contributed by atoms with E-state index in [-0.39, 0.29) is 6.04 Å². The maximum atomic E-state index is 9.57. The fourth-order valence-electron chi connectivity index (χ4n) is 2.57. The van der Waals surface area contributed by atoms with Gasteiger partial charge in [0.05, 0.1) is 6.10 Å². The van der Waals surface area contributed by atoms with Gasteiger partial charge in [0, 0.05) is 35.6 Å². The average molecular weight is 364 g/mol. The van der Waals surface area contributed by atoms with Gasteiger partial charge in [-0.25, -0.2) is 0 Å². The van der Waals surface area contributed by atoms with Gasteiger partial charge in [-0.15, -0.1) is 0 Å². The molecule has 0 aliphatic carbocycles. The van der Waals surface area contributed by atoms with Crippen LogP contribution in [0, 0.1) is 0 Å². The minimum absolute atomic E-state index is 0.197. The highest BCUT2D eigenvalue weighted by molar-refractivity contribution is 5.61. The van der Waals surface area contributed by atoms with Gasteiger partial charge in [-0.2, -0.15) is 15.0 Å². The zero-order chi connectivity index (χ0) is 19.2. The van der Waals surface area contributed by atoms with Crippen LogP contribution in [-0.2, 0) is 6.42 Å². The first kappa shape index (κ1) is 18.7. The Bertz CT molecular complexity index is 883. The molecule has 0 fully saturated rings. The fraction of sp³-hybridized carbons (Fsp3) is 0.300. The highest BCUT2D eigenvalue weighted by atomic mass is 16.3. The molecule has 140 valence electrons. The third kappa shape index (κ3) is 5.46. The molecule has 0 aliphatic rings. The fourth-order valence-corrected chi connectivity index (χ4v) is 2.57. The molecule has 27 heavy (non-hydrogen) atoms. The second-order valence-corrected chi connectivity index (χ2v) is 6.69. The molecular formula is C20H24N6O. The first-order valence-corrected chi connectivity index (χ1v) is 8.97. The monoisotopic (exact) mass is 364 g/mol. The van der Waals surface area contributed by atoms with Gasteiger partial charge < -0.3 is 15.7 Å². The van der Waals surface area contributed by atoms with Crippen molar-refractivity contribution in [1.82, 2.24) is 19.9 Å². The molecule has 0 spiro atoms. The lowest BCUT2D eigenvalue weighted by molar-refractivity contribution is 0.194. The van der Waals surface area contributed by atoms with Gasteiger partial charge in [0.2, 0.25) is 11.9 Å². The van der Waals surface area contributed by atoms with Crippen LogP contribution in [0.5, 0.6) is 0 Å². The number of hydrogen-bond donors (Lipinski definition) is 3. The maximum Gasteiger partial charge on any atom is 0.232 e. The first-order valence-electron chi connectivity index (χ1n) is 8.97. The van der Waals surface area contributed by atoms with Gasteiger partial charge >= 0.3 is 0 Å². The van der Waals surface area contributed by atoms with E-state index in [0.29, 0.717) is 24.1 Å². The quantitative estimate of drug-likeness (QED) is 0.591. The molecule has 0 saturated carbocycles. The molecule has 0 amide bonds. The lowest BCUT2D eigenvalue weighted by Crippen LogP contribution is -2.14. The molecule has 0 saturated heterocycles. The Kier molecular flexibility index (Phi) is 5.93. The van der Waals surface area contributed by atoms with Crippen molar-refractivity contribution in [3.63, 3.8) is 0 Å². The summed E-state index contributed by atoms with van der Waals surface area (Å²) in [4.78, 5) is 17.8. The number of aliphatic hydroxyl groups excluding tert-OH is 1. The number of hydrogen-bond acceptors (Lipinski definition) is 7. The van der Waals surface area contributed by atoms with Gasteiger partial charge in [-0.3, -0.25) is 4.98 Å². The lowest BCUT2D eigenvalue weighted by atomic mass is 10.2. The van der Waals surface area contributed by atoms with Gasteiger partial charge in [0.25, 0.3) is 0 Å². The van der Waals surface area contributed by atoms with Crippen molar-refractivity contribution in [1.29, 1.82) is 0 Å². The number of aliphatic hydroxyl groups is 1. The van der Waals surface area contributed by atoms with E-state index in [1.54, 1.807) is 13.1 Å². The van der Waals surface area contributed by atoms with Crippen LogP contribution in [0.1, 0.15) is 26.5 Å². The Morgan fingerprint density at radius 1 is 0.963 bits per heavy atom. The highest BCUT2D eigenvalue weighted by Crippen LogP contribution is 2.20. The third-order valence-electron chi connectivity index (χ3n) is 3.66. The minimum atomic E-state index is -0.448. The summed E-state index contributed by atoms with van der Waals surface area (Å²) in [5.41, 5.74) is 2.52. The van der Waals surface area contributed by atoms with Crippen molar-refractivity contribution >= 4 is 17.6 Å². The molecule has 3 rings (SSSR count). The van der Waals surface area contributed by atoms with Gasteiger partial charge in [0.15, 0.2) is 5.82 Å². The van der Waals surface area contributed by atoms with Crippen LogP contribution >= 0.6 is 0 Å². The largest absolute Gasteiger partial charge is 0.393 e. The second kappa shape index (κ2) is 8.55. The molecule has 7 nitrogen and oxygen atoms in total. The molecule has 2 heterocycles. The number of nitrogens with zero attached hydrogens (tertiary/aromatic N) is 4. The predicted molar refractivity (Wildman–Crippen MR) is 107 cm³/mol. The van der Waals surface area contributed by atoms with Crippen molar-refractivity contribution in [3.05, 3.63) is 54.4 Å². The van der Waals surface area contributed by atoms with E-state index in [1.165, 1.54) is 0 Å². The Hall–Kier alpha value is -3.06. The molecule has 0 bridgehead atoms. The van der Waals surface area contributed by atoms with Gasteiger partial charge in [-0.05, 0) is 32.9 Å². The number of benzene rings is 1. The molecule has 2 aromatic heterocycles. The lowest BCUT2D eigenvalue weighted by Gasteiger charge is -2.12. The summed E-state index contributed by atoms with van der Waals surface area (Å²) >= 11 is 0. The summed E-state index contributed by atoms with van der Waals surface area (Å²) in [6, 6.07) is 13.7. The SMILES string of the molecule is CC(O)Cc1cc(Nc2nc(NC(C)C)nc(-c3ccccc3)n2)ccn1. The summed E-state index contributed by atoms with van der Waals surface area (Å²) in [7, 11) is 0. The van der Waals surface area contributed by atoms with Crippen molar-refractivity contribution < 1.29 is 5.11 Å². The summed E-state index contributed by atoms with van der Waals surface area (Å²) in [5, 5.41) is 16.0. The van der Waals surface area contributed by atoms with E-state index in [4.69, 9.17) is 0 Å². The zero-order valence-corrected chi connectivity index (χ0v) is 15.7. The molecule has 1 aromatic carbocycles. The van der Waals surface area contributed by atoms with E-state index in [2.05, 4.69) is 30.6 Å². The molecular weight excluding hydrogens is 340 g/mol. The third-order valence-corrected chi connectivity index (χ3v) is 3.66. The normalized spacial score (nSPS) is 12.0. The highest BCUT2D eigenvalue weighted by Gasteiger charge is 2.10. The van der Waals surface area contributed by atoms with Crippen LogP contribution in [0.4, 0.5) is 17.6 Å². The number of anilines is 3. The van der Waals surface area contributed by atoms with E-state index in [9.17, 15) is 5.11 Å². The number of aromatic nitrogens is 4. The average Bonchev–Trinajstić information content (AvgIpc) is 2.61. The minimum Gasteiger partial charge on any atom is -0.393 e. The van der Waals surface area contributed by atoms with Crippen molar-refractivity contribution in [2.24, 2.45) is 0 Å². The van der Waals surface area contributed by atoms with E-state index < -0.39 is 6.10 Å². The summed E-state index contributed by atoms with van der Waals surface area (Å²) in [6.45, 7) is 5.80. The molecule has 1 unspecified atom stereocenters. The standard InChI is InChI=1S/C20H24N6O/c1-13(2)22-19-24-18(15-7-5-4-6-8-15)25-20(26-19)23-16-9-10-21-17(12-16)11-14(3)27/h4-10,12-14,27H,11H2,1-3H3,(H2,21,22,23,24,25,26). The number of rotatable bonds is 7. The Labute approximate surface area is 159 Å². The van der Waals surface area contributed by atoms with Gasteiger partial charge in [-0.1, -0.05) is 30.3 Å². The van der Waals surface area contributed by atoms with Crippen LogP contribution in [0.2, 0.25) is 0 Å². The van der Waals surface area contributed by atoms with Crippen LogP contribution in [0.3, 0.4) is 0 Å². The van der Waals surface area contributed by atoms with Gasteiger partial charge in [0.1, 0.15) is 0 Å². The maximum absolute atomic E-state index is 9.57. The number of nitrogens with one attached hydrogen (secondary N) is 2. The molecule has 1 atom stereocenters. The zero-order valence-electron chi connectivity index (χ0n) is 15.7. The van der Waals surface area contributed by atoms with E-state index in [1.807, 2.05) is 56.3 Å². The van der Waals surface area contributed by atoms with Crippen molar-refractivity contribution in [2.45, 2.75) is 39.3 Å². The molecule has 3 N–H and O–H groups in total. The van der Waals surface area contributed by atoms with Crippen LogP contribution in [-0.4, -0.2) is 37.2 Å².